The number of nitrogens with zero attached hydrogens (tertiary/aromatic N) is 1. The maximum Gasteiger partial charge on any atom is 0.243 e. The molecule has 0 aliphatic carbocycles. The maximum atomic E-state index is 12.5. The Hall–Kier alpha value is -1.07. The van der Waals surface area contributed by atoms with Gasteiger partial charge in [0.25, 0.3) is 0 Å². The van der Waals surface area contributed by atoms with E-state index in [1.54, 1.807) is 10.4 Å². The standard InChI is InChI=1S/C13H19NO3S/c1-10-6-7-14(11(2)8-10)18(16,17)13-5-3-4-12(15)9-13/h3-5,9-11,15H,6-8H2,1-2H3. The molecule has 5 heteroatoms. The highest BCUT2D eigenvalue weighted by molar-refractivity contribution is 7.89. The SMILES string of the molecule is CC1CCN(S(=O)(=O)c2cccc(O)c2)C(C)C1. The van der Waals surface area contributed by atoms with Crippen molar-refractivity contribution in [3.8, 4) is 5.75 Å². The first-order chi connectivity index (χ1) is 8.41. The van der Waals surface area contributed by atoms with E-state index in [-0.39, 0.29) is 16.7 Å². The minimum Gasteiger partial charge on any atom is -0.508 e. The van der Waals surface area contributed by atoms with Crippen molar-refractivity contribution in [3.63, 3.8) is 0 Å². The molecule has 1 heterocycles. The van der Waals surface area contributed by atoms with Gasteiger partial charge < -0.3 is 5.11 Å². The first kappa shape index (κ1) is 13.4. The fourth-order valence-corrected chi connectivity index (χ4v) is 4.22. The van der Waals surface area contributed by atoms with Gasteiger partial charge in [-0.1, -0.05) is 13.0 Å². The molecule has 2 unspecified atom stereocenters. The van der Waals surface area contributed by atoms with E-state index in [1.807, 2.05) is 6.92 Å². The molecule has 1 N–H and O–H groups in total. The summed E-state index contributed by atoms with van der Waals surface area (Å²) < 4.78 is 26.5. The molecule has 1 fully saturated rings. The molecule has 1 aromatic carbocycles. The second kappa shape index (κ2) is 4.90. The molecule has 100 valence electrons. The predicted octanol–water partition coefficient (Wildman–Crippen LogP) is 2.20. The molecule has 18 heavy (non-hydrogen) atoms. The summed E-state index contributed by atoms with van der Waals surface area (Å²) in [5, 5.41) is 9.40. The van der Waals surface area contributed by atoms with Crippen LogP contribution in [-0.2, 0) is 10.0 Å². The van der Waals surface area contributed by atoms with Gasteiger partial charge in [0.15, 0.2) is 0 Å². The average Bonchev–Trinajstić information content (AvgIpc) is 2.28. The zero-order valence-electron chi connectivity index (χ0n) is 10.7. The van der Waals surface area contributed by atoms with Gasteiger partial charge in [-0.3, -0.25) is 0 Å². The Morgan fingerprint density at radius 1 is 1.33 bits per heavy atom. The summed E-state index contributed by atoms with van der Waals surface area (Å²) in [5.41, 5.74) is 0. The topological polar surface area (TPSA) is 57.6 Å². The van der Waals surface area contributed by atoms with Gasteiger partial charge in [0, 0.05) is 12.6 Å². The number of benzene rings is 1. The van der Waals surface area contributed by atoms with Gasteiger partial charge in [-0.25, -0.2) is 8.42 Å². The number of phenolic OH excluding ortho intramolecular Hbond substituents is 1. The van der Waals surface area contributed by atoms with E-state index in [4.69, 9.17) is 0 Å². The number of aromatic hydroxyl groups is 1. The molecular formula is C13H19NO3S. The summed E-state index contributed by atoms with van der Waals surface area (Å²) in [5.74, 6) is 0.546. The van der Waals surface area contributed by atoms with Crippen molar-refractivity contribution in [1.29, 1.82) is 0 Å². The van der Waals surface area contributed by atoms with Crippen LogP contribution in [0.15, 0.2) is 29.2 Å². The fraction of sp³-hybridized carbons (Fsp3) is 0.538. The molecule has 2 atom stereocenters. The van der Waals surface area contributed by atoms with Crippen LogP contribution in [0.2, 0.25) is 0 Å². The third-order valence-corrected chi connectivity index (χ3v) is 5.51. The highest BCUT2D eigenvalue weighted by Crippen LogP contribution is 2.29. The lowest BCUT2D eigenvalue weighted by Crippen LogP contribution is -2.44. The van der Waals surface area contributed by atoms with Crippen molar-refractivity contribution in [1.82, 2.24) is 4.31 Å². The Kier molecular flexibility index (Phi) is 3.64. The van der Waals surface area contributed by atoms with Gasteiger partial charge in [0.05, 0.1) is 4.90 Å². The van der Waals surface area contributed by atoms with Crippen molar-refractivity contribution < 1.29 is 13.5 Å². The van der Waals surface area contributed by atoms with Crippen molar-refractivity contribution in [2.75, 3.05) is 6.54 Å². The van der Waals surface area contributed by atoms with Gasteiger partial charge in [0.1, 0.15) is 5.75 Å². The van der Waals surface area contributed by atoms with Gasteiger partial charge >= 0.3 is 0 Å². The van der Waals surface area contributed by atoms with Crippen LogP contribution >= 0.6 is 0 Å². The smallest absolute Gasteiger partial charge is 0.243 e. The van der Waals surface area contributed by atoms with E-state index < -0.39 is 10.0 Å². The number of sulfonamides is 1. The molecule has 0 spiro atoms. The summed E-state index contributed by atoms with van der Waals surface area (Å²) in [7, 11) is -3.48. The van der Waals surface area contributed by atoms with E-state index in [9.17, 15) is 13.5 Å². The highest BCUT2D eigenvalue weighted by Gasteiger charge is 2.33. The minimum atomic E-state index is -3.48. The largest absolute Gasteiger partial charge is 0.508 e. The number of hydrogen-bond acceptors (Lipinski definition) is 3. The molecule has 1 aliphatic rings. The van der Waals surface area contributed by atoms with Crippen LogP contribution in [0, 0.1) is 5.92 Å². The normalized spacial score (nSPS) is 26.1. The van der Waals surface area contributed by atoms with Crippen molar-refractivity contribution in [2.24, 2.45) is 5.92 Å². The molecule has 1 aliphatic heterocycles. The van der Waals surface area contributed by atoms with Crippen LogP contribution in [0.1, 0.15) is 26.7 Å². The van der Waals surface area contributed by atoms with Crippen LogP contribution in [0.25, 0.3) is 0 Å². The second-order valence-corrected chi connectivity index (χ2v) is 6.98. The third-order valence-electron chi connectivity index (χ3n) is 3.50. The lowest BCUT2D eigenvalue weighted by molar-refractivity contribution is 0.220. The molecule has 0 saturated carbocycles. The zero-order valence-corrected chi connectivity index (χ0v) is 11.5. The first-order valence-electron chi connectivity index (χ1n) is 6.22. The quantitative estimate of drug-likeness (QED) is 0.895. The highest BCUT2D eigenvalue weighted by atomic mass is 32.2. The fourth-order valence-electron chi connectivity index (χ4n) is 2.52. The van der Waals surface area contributed by atoms with Crippen LogP contribution in [-0.4, -0.2) is 30.4 Å². The van der Waals surface area contributed by atoms with E-state index in [0.717, 1.165) is 12.8 Å². The Morgan fingerprint density at radius 3 is 2.67 bits per heavy atom. The summed E-state index contributed by atoms with van der Waals surface area (Å²) in [4.78, 5) is 0.170. The van der Waals surface area contributed by atoms with Crippen molar-refractivity contribution >= 4 is 10.0 Å². The molecule has 1 saturated heterocycles. The molecule has 0 amide bonds. The Labute approximate surface area is 108 Å². The van der Waals surface area contributed by atoms with Crippen LogP contribution in [0.5, 0.6) is 5.75 Å². The molecule has 1 aromatic rings. The van der Waals surface area contributed by atoms with Gasteiger partial charge in [-0.05, 0) is 43.9 Å². The van der Waals surface area contributed by atoms with Crippen molar-refractivity contribution in [3.05, 3.63) is 24.3 Å². The summed E-state index contributed by atoms with van der Waals surface area (Å²) >= 11 is 0. The van der Waals surface area contributed by atoms with Crippen molar-refractivity contribution in [2.45, 2.75) is 37.6 Å². The molecular weight excluding hydrogens is 250 g/mol. The second-order valence-electron chi connectivity index (χ2n) is 5.09. The van der Waals surface area contributed by atoms with E-state index >= 15 is 0 Å². The predicted molar refractivity (Wildman–Crippen MR) is 69.9 cm³/mol. The molecule has 2 rings (SSSR count). The number of rotatable bonds is 2. The Morgan fingerprint density at radius 2 is 2.06 bits per heavy atom. The molecule has 0 bridgehead atoms. The van der Waals surface area contributed by atoms with E-state index in [0.29, 0.717) is 12.5 Å². The monoisotopic (exact) mass is 269 g/mol. The Balaban J connectivity index is 2.31. The molecule has 0 radical (unpaired) electrons. The van der Waals surface area contributed by atoms with Gasteiger partial charge in [-0.2, -0.15) is 4.31 Å². The molecule has 0 aromatic heterocycles. The number of piperidine rings is 1. The lowest BCUT2D eigenvalue weighted by atomic mass is 9.95. The summed E-state index contributed by atoms with van der Waals surface area (Å²) in [6.07, 6.45) is 1.78. The molecule has 4 nitrogen and oxygen atoms in total. The van der Waals surface area contributed by atoms with Gasteiger partial charge in [-0.15, -0.1) is 0 Å². The first-order valence-corrected chi connectivity index (χ1v) is 7.66. The van der Waals surface area contributed by atoms with E-state index in [2.05, 4.69) is 6.92 Å². The third kappa shape index (κ3) is 2.52. The summed E-state index contributed by atoms with van der Waals surface area (Å²) in [6.45, 7) is 4.64. The van der Waals surface area contributed by atoms with Crippen LogP contribution in [0.3, 0.4) is 0 Å². The maximum absolute atomic E-state index is 12.5. The number of hydrogen-bond donors (Lipinski definition) is 1. The average molecular weight is 269 g/mol. The summed E-state index contributed by atoms with van der Waals surface area (Å²) in [6, 6.07) is 5.88. The number of phenols is 1. The zero-order chi connectivity index (χ0) is 13.3. The van der Waals surface area contributed by atoms with E-state index in [1.165, 1.54) is 18.2 Å². The lowest BCUT2D eigenvalue weighted by Gasteiger charge is -2.35. The van der Waals surface area contributed by atoms with Crippen LogP contribution < -0.4 is 0 Å². The van der Waals surface area contributed by atoms with Crippen LogP contribution in [0.4, 0.5) is 0 Å². The van der Waals surface area contributed by atoms with Gasteiger partial charge in [0.2, 0.25) is 10.0 Å². The Bertz CT molecular complexity index is 527. The minimum absolute atomic E-state index is 0.0149.